The van der Waals surface area contributed by atoms with Crippen LogP contribution in [0.3, 0.4) is 0 Å². The van der Waals surface area contributed by atoms with Crippen molar-refractivity contribution >= 4 is 17.9 Å². The Bertz CT molecular complexity index is 2050. The van der Waals surface area contributed by atoms with Gasteiger partial charge in [-0.1, -0.05) is 53.2 Å². The summed E-state index contributed by atoms with van der Waals surface area (Å²) in [4.78, 5) is 39.9. The number of fused-ring (bicyclic) bond motifs is 7. The number of allylic oxidation sites excluding steroid dienone is 2. The van der Waals surface area contributed by atoms with Crippen LogP contribution in [0.25, 0.3) is 0 Å². The number of carbonyl (C=O) groups excluding carboxylic acids is 3. The Morgan fingerprint density at radius 3 is 1.99 bits per heavy atom. The second-order valence-corrected chi connectivity index (χ2v) is 24.5. The molecule has 5 aliphatic carbocycles. The minimum atomic E-state index is -1.87. The summed E-state index contributed by atoms with van der Waals surface area (Å²) in [6.07, 6.45) is -16.6. The van der Waals surface area contributed by atoms with Crippen LogP contribution in [0.4, 0.5) is 0 Å². The van der Waals surface area contributed by atoms with E-state index < -0.39 is 147 Å². The van der Waals surface area contributed by atoms with Gasteiger partial charge in [-0.25, -0.2) is 0 Å². The molecule has 8 rings (SSSR count). The molecule has 0 aromatic rings. The van der Waals surface area contributed by atoms with Gasteiger partial charge in [-0.15, -0.1) is 0 Å². The van der Waals surface area contributed by atoms with Crippen molar-refractivity contribution in [1.82, 2.24) is 0 Å². The van der Waals surface area contributed by atoms with Crippen LogP contribution in [-0.4, -0.2) is 194 Å². The Labute approximate surface area is 426 Å². The van der Waals surface area contributed by atoms with Crippen molar-refractivity contribution in [3.05, 3.63) is 11.6 Å². The fraction of sp³-hybridized carbons (Fsp3) is 0.904. The van der Waals surface area contributed by atoms with E-state index in [9.17, 15) is 60.7 Å². The van der Waals surface area contributed by atoms with E-state index in [0.29, 0.717) is 38.5 Å². The molecule has 0 bridgehead atoms. The molecule has 0 amide bonds. The highest BCUT2D eigenvalue weighted by Crippen LogP contribution is 2.76. The van der Waals surface area contributed by atoms with Crippen LogP contribution in [0, 0.1) is 50.2 Å². The van der Waals surface area contributed by atoms with Crippen molar-refractivity contribution in [3.8, 4) is 0 Å². The van der Waals surface area contributed by atoms with E-state index in [1.807, 2.05) is 6.92 Å². The van der Waals surface area contributed by atoms with Crippen molar-refractivity contribution in [1.29, 1.82) is 0 Å². The quantitative estimate of drug-likeness (QED) is 0.0542. The molecule has 0 aromatic carbocycles. The zero-order valence-corrected chi connectivity index (χ0v) is 43.4. The number of hydrogen-bond donors (Lipinski definition) is 10. The number of carbonyl (C=O) groups is 3. The summed E-state index contributed by atoms with van der Waals surface area (Å²) < 4.78 is 45.4. The Kier molecular flexibility index (Phi) is 16.1. The molecule has 3 saturated heterocycles. The number of methoxy groups -OCH3 is 1. The lowest BCUT2D eigenvalue weighted by Crippen LogP contribution is -2.66. The molecule has 7 fully saturated rings. The molecule has 0 aromatic heterocycles. The summed E-state index contributed by atoms with van der Waals surface area (Å²) >= 11 is 0. The van der Waals surface area contributed by atoms with Gasteiger partial charge >= 0.3 is 17.9 Å². The van der Waals surface area contributed by atoms with Crippen molar-refractivity contribution in [2.75, 3.05) is 26.9 Å². The number of hydrogen-bond acceptors (Lipinski definition) is 21. The molecule has 0 spiro atoms. The van der Waals surface area contributed by atoms with Gasteiger partial charge in [0.15, 0.2) is 12.6 Å². The summed E-state index contributed by atoms with van der Waals surface area (Å²) in [5.41, 5.74) is -1.52. The number of aliphatic hydroxyl groups excluding tert-OH is 10. The van der Waals surface area contributed by atoms with E-state index >= 15 is 4.79 Å². The first-order valence-corrected chi connectivity index (χ1v) is 26.2. The fourth-order valence-corrected chi connectivity index (χ4v) is 15.4. The number of aliphatic hydroxyl groups is 10. The Morgan fingerprint density at radius 1 is 0.671 bits per heavy atom. The molecule has 416 valence electrons. The highest BCUT2D eigenvalue weighted by molar-refractivity contribution is 5.91. The van der Waals surface area contributed by atoms with Crippen LogP contribution in [0.1, 0.15) is 119 Å². The van der Waals surface area contributed by atoms with Crippen molar-refractivity contribution in [2.45, 2.75) is 217 Å². The van der Waals surface area contributed by atoms with Gasteiger partial charge in [0.25, 0.3) is 0 Å². The molecular formula is C52H82O21. The third-order valence-electron chi connectivity index (χ3n) is 20.2. The van der Waals surface area contributed by atoms with Gasteiger partial charge in [0, 0.05) is 5.41 Å². The van der Waals surface area contributed by atoms with Gasteiger partial charge in [-0.05, 0) is 111 Å². The molecule has 3 heterocycles. The number of esters is 3. The summed E-state index contributed by atoms with van der Waals surface area (Å²) in [6.45, 7) is 13.3. The summed E-state index contributed by atoms with van der Waals surface area (Å²) in [5.74, 6) is -2.00. The second kappa shape index (κ2) is 20.7. The van der Waals surface area contributed by atoms with E-state index in [1.54, 1.807) is 0 Å². The van der Waals surface area contributed by atoms with Gasteiger partial charge in [0.05, 0.1) is 38.4 Å². The van der Waals surface area contributed by atoms with Gasteiger partial charge in [0.2, 0.25) is 6.29 Å². The Hall–Kier alpha value is -2.45. The van der Waals surface area contributed by atoms with E-state index in [0.717, 1.165) is 25.7 Å². The lowest BCUT2D eigenvalue weighted by Gasteiger charge is -2.71. The molecule has 24 atom stereocenters. The van der Waals surface area contributed by atoms with Crippen LogP contribution in [0.15, 0.2) is 11.6 Å². The third-order valence-corrected chi connectivity index (χ3v) is 20.2. The lowest BCUT2D eigenvalue weighted by atomic mass is 9.33. The molecule has 8 aliphatic rings. The minimum Gasteiger partial charge on any atom is -0.469 e. The van der Waals surface area contributed by atoms with E-state index in [4.69, 9.17) is 37.9 Å². The van der Waals surface area contributed by atoms with Crippen LogP contribution >= 0.6 is 0 Å². The van der Waals surface area contributed by atoms with Crippen molar-refractivity contribution in [3.63, 3.8) is 0 Å². The van der Waals surface area contributed by atoms with Gasteiger partial charge < -0.3 is 89.0 Å². The fourth-order valence-electron chi connectivity index (χ4n) is 15.4. The standard InChI is InChI=1S/C52H82O21/c1-24-34(57)36(59)39(62)44(68-24)72-42-27(21-53)69-43(41(64)38(42)61)67-22-28-35(58)37(60)40(63)45(70-28)73-46(65)52-17-15-47(2,3)20-26(52)25-9-10-30-48(4)13-12-31(71-33(56)19-32(55)66-8)49(5,23-54)29(48)11-14-51(30,7)50(25,6)16-18-52/h9,24,26-31,34-45,53-54,57-64H,10-23H2,1-8H3/t24-,26?,27+,28+,29?,30?,31-,34-,35+,36+,37-,38+,39+,40+,41+,42+,43+,44-,45-,48-,49-,50+,51+,52-/m0/s1. The molecular weight excluding hydrogens is 961 g/mol. The summed E-state index contributed by atoms with van der Waals surface area (Å²) in [5, 5.41) is 108. The molecule has 3 aliphatic heterocycles. The molecule has 4 saturated carbocycles. The maximum absolute atomic E-state index is 15.1. The van der Waals surface area contributed by atoms with Gasteiger partial charge in [-0.2, -0.15) is 0 Å². The van der Waals surface area contributed by atoms with Gasteiger partial charge in [-0.3, -0.25) is 14.4 Å². The van der Waals surface area contributed by atoms with Crippen molar-refractivity contribution in [2.24, 2.45) is 50.2 Å². The summed E-state index contributed by atoms with van der Waals surface area (Å²) in [7, 11) is 1.22. The Morgan fingerprint density at radius 2 is 1.32 bits per heavy atom. The third kappa shape index (κ3) is 9.52. The maximum atomic E-state index is 15.1. The SMILES string of the molecule is COC(=O)CC(=O)O[C@H]1CC[C@@]2(C)C(CC[C@]3(C)C2CC=C2C4CC(C)(C)CC[C@]4(C(=O)O[C@@H]4O[C@H](CO[C@@H]5O[C@H](CO)[C@@H](O[C@@H]6O[C@@H](C)[C@H](O)[C@@H](O)[C@H]6O)[C@H](O)[C@H]5O)[C@@H](O)[C@H](O)[C@H]4O)CC[C@]23C)[C@]1(C)CO. The lowest BCUT2D eigenvalue weighted by molar-refractivity contribution is -0.361. The highest BCUT2D eigenvalue weighted by Gasteiger charge is 2.70. The van der Waals surface area contributed by atoms with Crippen LogP contribution < -0.4 is 0 Å². The topological polar surface area (TPSA) is 327 Å². The average molecular weight is 1040 g/mol. The zero-order valence-electron chi connectivity index (χ0n) is 43.4. The highest BCUT2D eigenvalue weighted by atomic mass is 16.8. The second-order valence-electron chi connectivity index (χ2n) is 24.5. The molecule has 10 N–H and O–H groups in total. The summed E-state index contributed by atoms with van der Waals surface area (Å²) in [6, 6.07) is 0. The monoisotopic (exact) mass is 1040 g/mol. The van der Waals surface area contributed by atoms with Crippen LogP contribution in [0.2, 0.25) is 0 Å². The molecule has 21 nitrogen and oxygen atoms in total. The smallest absolute Gasteiger partial charge is 0.317 e. The van der Waals surface area contributed by atoms with Gasteiger partial charge in [0.1, 0.15) is 79.7 Å². The predicted molar refractivity (Wildman–Crippen MR) is 251 cm³/mol. The molecule has 73 heavy (non-hydrogen) atoms. The first-order chi connectivity index (χ1) is 34.2. The first kappa shape index (κ1) is 56.7. The first-order valence-electron chi connectivity index (χ1n) is 26.2. The van der Waals surface area contributed by atoms with E-state index in [1.165, 1.54) is 19.6 Å². The molecule has 0 radical (unpaired) electrons. The molecule has 3 unspecified atom stereocenters. The largest absolute Gasteiger partial charge is 0.469 e. The maximum Gasteiger partial charge on any atom is 0.317 e. The van der Waals surface area contributed by atoms with E-state index in [2.05, 4.69) is 40.7 Å². The van der Waals surface area contributed by atoms with Crippen molar-refractivity contribution < 1.29 is 103 Å². The van der Waals surface area contributed by atoms with Crippen LogP contribution in [0.5, 0.6) is 0 Å². The number of ether oxygens (including phenoxy) is 8. The number of rotatable bonds is 12. The normalized spacial score (nSPS) is 50.4. The molecule has 21 heteroatoms. The average Bonchev–Trinajstić information content (AvgIpc) is 3.34. The van der Waals surface area contributed by atoms with Crippen LogP contribution in [-0.2, 0) is 52.3 Å². The van der Waals surface area contributed by atoms with E-state index in [-0.39, 0.29) is 46.0 Å². The minimum absolute atomic E-state index is 0.00845. The Balaban J connectivity index is 0.974. The zero-order chi connectivity index (χ0) is 53.5. The predicted octanol–water partition coefficient (Wildman–Crippen LogP) is 0.255.